The first-order valence-electron chi connectivity index (χ1n) is 5.89. The number of hydrogen-bond donors (Lipinski definition) is 1. The zero-order valence-electron chi connectivity index (χ0n) is 10.2. The Morgan fingerprint density at radius 1 is 1.50 bits per heavy atom. The van der Waals surface area contributed by atoms with E-state index in [1.165, 1.54) is 28.5 Å². The number of thiophene rings is 1. The summed E-state index contributed by atoms with van der Waals surface area (Å²) in [4.78, 5) is 0.959. The van der Waals surface area contributed by atoms with Crippen molar-refractivity contribution in [2.75, 3.05) is 19.3 Å². The Morgan fingerprint density at radius 2 is 2.22 bits per heavy atom. The molecule has 1 aliphatic rings. The first-order chi connectivity index (χ1) is 8.47. The minimum atomic E-state index is -3.18. The maximum Gasteiger partial charge on any atom is 0.215 e. The fourth-order valence-electron chi connectivity index (χ4n) is 1.59. The number of nitrogens with one attached hydrogen (secondary N) is 1. The lowest BCUT2D eigenvalue weighted by molar-refractivity contribution is 0.468. The van der Waals surface area contributed by atoms with Crippen molar-refractivity contribution >= 4 is 33.0 Å². The highest BCUT2D eigenvalue weighted by molar-refractivity contribution is 7.89. The van der Waals surface area contributed by atoms with Crippen LogP contribution >= 0.6 is 22.9 Å². The maximum absolute atomic E-state index is 12.0. The van der Waals surface area contributed by atoms with Crippen LogP contribution in [0.25, 0.3) is 0 Å². The molecule has 0 spiro atoms. The van der Waals surface area contributed by atoms with E-state index in [1.807, 2.05) is 6.07 Å². The van der Waals surface area contributed by atoms with Crippen molar-refractivity contribution in [2.24, 2.45) is 0 Å². The summed E-state index contributed by atoms with van der Waals surface area (Å²) in [5.41, 5.74) is 0. The minimum Gasteiger partial charge on any atom is -0.313 e. The molecule has 4 nitrogen and oxygen atoms in total. The van der Waals surface area contributed by atoms with E-state index in [4.69, 9.17) is 11.6 Å². The van der Waals surface area contributed by atoms with Gasteiger partial charge in [0.05, 0.1) is 10.1 Å². The largest absolute Gasteiger partial charge is 0.313 e. The summed E-state index contributed by atoms with van der Waals surface area (Å²) in [5, 5.41) is 3.21. The van der Waals surface area contributed by atoms with Crippen LogP contribution in [-0.2, 0) is 16.6 Å². The third kappa shape index (κ3) is 4.20. The molecule has 1 aromatic heterocycles. The molecule has 18 heavy (non-hydrogen) atoms. The average Bonchev–Trinajstić information content (AvgIpc) is 3.02. The van der Waals surface area contributed by atoms with E-state index in [0.29, 0.717) is 23.5 Å². The van der Waals surface area contributed by atoms with Gasteiger partial charge in [0.2, 0.25) is 10.0 Å². The lowest BCUT2D eigenvalue weighted by Gasteiger charge is -2.16. The highest BCUT2D eigenvalue weighted by Gasteiger charge is 2.23. The molecule has 0 atom stereocenters. The Hall–Kier alpha value is -0.140. The molecule has 1 heterocycles. The van der Waals surface area contributed by atoms with Crippen molar-refractivity contribution in [2.45, 2.75) is 25.4 Å². The van der Waals surface area contributed by atoms with Gasteiger partial charge in [0.25, 0.3) is 0 Å². The van der Waals surface area contributed by atoms with Crippen molar-refractivity contribution in [3.8, 4) is 0 Å². The molecule has 0 aliphatic heterocycles. The molecular formula is C11H17ClN2O2S2. The Bertz CT molecular complexity index is 497. The molecule has 7 heteroatoms. The molecule has 0 bridgehead atoms. The molecule has 1 N–H and O–H groups in total. The van der Waals surface area contributed by atoms with Gasteiger partial charge in [0.1, 0.15) is 0 Å². The standard InChI is InChI=1S/C11H17ClN2O2S2/c1-14(8-10-4-5-11(12)17-10)18(15,16)7-6-13-9-2-3-9/h4-5,9,13H,2-3,6-8H2,1H3. The molecular weight excluding hydrogens is 292 g/mol. The highest BCUT2D eigenvalue weighted by atomic mass is 35.5. The third-order valence-electron chi connectivity index (χ3n) is 2.85. The summed E-state index contributed by atoms with van der Waals surface area (Å²) >= 11 is 7.24. The first kappa shape index (κ1) is 14.3. The molecule has 0 aromatic carbocycles. The van der Waals surface area contributed by atoms with Gasteiger partial charge in [0, 0.05) is 31.1 Å². The number of hydrogen-bond acceptors (Lipinski definition) is 4. The van der Waals surface area contributed by atoms with Gasteiger partial charge in [-0.3, -0.25) is 0 Å². The van der Waals surface area contributed by atoms with Crippen molar-refractivity contribution < 1.29 is 8.42 Å². The van der Waals surface area contributed by atoms with Crippen LogP contribution in [0.4, 0.5) is 0 Å². The van der Waals surface area contributed by atoms with Crippen LogP contribution in [-0.4, -0.2) is 38.1 Å². The van der Waals surface area contributed by atoms with Crippen LogP contribution in [0.2, 0.25) is 4.34 Å². The Morgan fingerprint density at radius 3 is 2.78 bits per heavy atom. The number of halogens is 1. The van der Waals surface area contributed by atoms with E-state index >= 15 is 0 Å². The van der Waals surface area contributed by atoms with Crippen LogP contribution in [0, 0.1) is 0 Å². The smallest absolute Gasteiger partial charge is 0.215 e. The number of rotatable bonds is 7. The molecule has 1 saturated carbocycles. The lowest BCUT2D eigenvalue weighted by atomic mass is 10.5. The summed E-state index contributed by atoms with van der Waals surface area (Å²) in [6.07, 6.45) is 2.34. The van der Waals surface area contributed by atoms with Gasteiger partial charge in [0.15, 0.2) is 0 Å². The van der Waals surface area contributed by atoms with Crippen LogP contribution in [0.5, 0.6) is 0 Å². The average molecular weight is 309 g/mol. The van der Waals surface area contributed by atoms with Gasteiger partial charge < -0.3 is 5.32 Å². The summed E-state index contributed by atoms with van der Waals surface area (Å²) in [6.45, 7) is 0.922. The molecule has 0 saturated heterocycles. The lowest BCUT2D eigenvalue weighted by Crippen LogP contribution is -2.33. The Kier molecular flexibility index (Phi) is 4.66. The second-order valence-electron chi connectivity index (χ2n) is 4.51. The highest BCUT2D eigenvalue weighted by Crippen LogP contribution is 2.23. The fourth-order valence-corrected chi connectivity index (χ4v) is 3.84. The molecule has 2 rings (SSSR count). The van der Waals surface area contributed by atoms with E-state index in [2.05, 4.69) is 5.32 Å². The molecule has 0 amide bonds. The van der Waals surface area contributed by atoms with E-state index in [1.54, 1.807) is 13.1 Å². The number of sulfonamides is 1. The van der Waals surface area contributed by atoms with Crippen LogP contribution in [0.15, 0.2) is 12.1 Å². The van der Waals surface area contributed by atoms with Crippen LogP contribution in [0.3, 0.4) is 0 Å². The van der Waals surface area contributed by atoms with Crippen molar-refractivity contribution in [3.63, 3.8) is 0 Å². The Labute approximate surface area is 117 Å². The van der Waals surface area contributed by atoms with Gasteiger partial charge in [-0.25, -0.2) is 8.42 Å². The second kappa shape index (κ2) is 5.88. The third-order valence-corrected chi connectivity index (χ3v) is 5.87. The molecule has 1 aliphatic carbocycles. The zero-order chi connectivity index (χ0) is 13.2. The van der Waals surface area contributed by atoms with Gasteiger partial charge in [-0.1, -0.05) is 11.6 Å². The molecule has 0 unspecified atom stereocenters. The van der Waals surface area contributed by atoms with E-state index in [9.17, 15) is 8.42 Å². The van der Waals surface area contributed by atoms with Gasteiger partial charge in [-0.2, -0.15) is 4.31 Å². The zero-order valence-corrected chi connectivity index (χ0v) is 12.6. The quantitative estimate of drug-likeness (QED) is 0.837. The van der Waals surface area contributed by atoms with E-state index in [-0.39, 0.29) is 5.75 Å². The molecule has 1 aromatic rings. The fraction of sp³-hybridized carbons (Fsp3) is 0.636. The topological polar surface area (TPSA) is 49.4 Å². The number of nitrogens with zero attached hydrogens (tertiary/aromatic N) is 1. The van der Waals surface area contributed by atoms with Gasteiger partial charge >= 0.3 is 0 Å². The van der Waals surface area contributed by atoms with Gasteiger partial charge in [-0.15, -0.1) is 11.3 Å². The van der Waals surface area contributed by atoms with E-state index < -0.39 is 10.0 Å². The predicted octanol–water partition coefficient (Wildman–Crippen LogP) is 1.92. The predicted molar refractivity (Wildman–Crippen MR) is 75.6 cm³/mol. The second-order valence-corrected chi connectivity index (χ2v) is 8.50. The molecule has 1 fully saturated rings. The molecule has 102 valence electrons. The maximum atomic E-state index is 12.0. The van der Waals surface area contributed by atoms with Gasteiger partial charge in [-0.05, 0) is 25.0 Å². The van der Waals surface area contributed by atoms with Crippen LogP contribution < -0.4 is 5.32 Å². The Balaban J connectivity index is 1.83. The normalized spacial score (nSPS) is 16.4. The van der Waals surface area contributed by atoms with Crippen LogP contribution in [0.1, 0.15) is 17.7 Å². The summed E-state index contributed by atoms with van der Waals surface area (Å²) < 4.78 is 26.1. The monoisotopic (exact) mass is 308 g/mol. The van der Waals surface area contributed by atoms with E-state index in [0.717, 1.165) is 4.88 Å². The summed E-state index contributed by atoms with van der Waals surface area (Å²) in [5.74, 6) is 0.152. The molecule has 0 radical (unpaired) electrons. The summed E-state index contributed by atoms with van der Waals surface area (Å²) in [7, 11) is -1.57. The SMILES string of the molecule is CN(Cc1ccc(Cl)s1)S(=O)(=O)CCNC1CC1. The van der Waals surface area contributed by atoms with Crippen molar-refractivity contribution in [3.05, 3.63) is 21.3 Å². The van der Waals surface area contributed by atoms with Crippen molar-refractivity contribution in [1.29, 1.82) is 0 Å². The first-order valence-corrected chi connectivity index (χ1v) is 8.69. The summed E-state index contributed by atoms with van der Waals surface area (Å²) in [6, 6.07) is 4.19. The minimum absolute atomic E-state index is 0.152. The van der Waals surface area contributed by atoms with Crippen molar-refractivity contribution in [1.82, 2.24) is 9.62 Å².